The van der Waals surface area contributed by atoms with Crippen molar-refractivity contribution in [2.75, 3.05) is 42.8 Å². The zero-order valence-corrected chi connectivity index (χ0v) is 38.8. The summed E-state index contributed by atoms with van der Waals surface area (Å²) in [6.45, 7) is 8.14. The number of nitrogens with zero attached hydrogens (tertiary/aromatic N) is 4. The lowest BCUT2D eigenvalue weighted by atomic mass is 9.96. The lowest BCUT2D eigenvalue weighted by Gasteiger charge is -2.34. The number of amides is 6. The maximum absolute atomic E-state index is 13.8. The Balaban J connectivity index is 1.18. The Labute approximate surface area is 389 Å². The highest BCUT2D eigenvalue weighted by atomic mass is 19.4. The van der Waals surface area contributed by atoms with Gasteiger partial charge in [0.05, 0.1) is 24.8 Å². The first-order chi connectivity index (χ1) is 31.9. The normalized spacial score (nSPS) is 21.2. The molecule has 6 amide bonds. The topological polar surface area (TPSA) is 181 Å². The van der Waals surface area contributed by atoms with E-state index in [-0.39, 0.29) is 41.6 Å². The molecule has 0 aliphatic carbocycles. The molecule has 0 aromatic heterocycles. The van der Waals surface area contributed by atoms with Crippen LogP contribution in [0.15, 0.2) is 72.8 Å². The largest absolute Gasteiger partial charge is 0.465 e. The SMILES string of the molecule is CC[C@H](C)[C@H](NC(=O)OC)C(=O)N1CCCC1C(=O)Nc1ccc([C@H]2CC[C@H](c3ccc(NC(=O)[C@@H]4CCCN4C(=O)[C@H]([C@@H](C)CC)N(C)C(=O)O)cc3)N2c2ccc(C(F)(F)F)cc2)cc1. The first-order valence-electron chi connectivity index (χ1n) is 23.1. The number of alkyl halides is 3. The molecule has 1 unspecified atom stereocenters. The van der Waals surface area contributed by atoms with E-state index in [0.717, 1.165) is 28.2 Å². The van der Waals surface area contributed by atoms with Crippen LogP contribution in [0.5, 0.6) is 0 Å². The van der Waals surface area contributed by atoms with Crippen LogP contribution in [-0.4, -0.2) is 107 Å². The number of halogens is 3. The summed E-state index contributed by atoms with van der Waals surface area (Å²) >= 11 is 0. The Kier molecular flexibility index (Phi) is 16.1. The molecular formula is C49H62F3N7O8. The summed E-state index contributed by atoms with van der Waals surface area (Å²) in [6, 6.07) is 15.7. The predicted octanol–water partition coefficient (Wildman–Crippen LogP) is 8.44. The molecule has 67 heavy (non-hydrogen) atoms. The number of carbonyl (C=O) groups excluding carboxylic acids is 5. The van der Waals surface area contributed by atoms with Crippen molar-refractivity contribution < 1.29 is 51.8 Å². The van der Waals surface area contributed by atoms with Crippen molar-refractivity contribution in [3.63, 3.8) is 0 Å². The Bertz CT molecular complexity index is 2240. The van der Waals surface area contributed by atoms with Crippen LogP contribution < -0.4 is 20.9 Å². The van der Waals surface area contributed by atoms with E-state index >= 15 is 0 Å². The molecule has 0 radical (unpaired) electrons. The van der Waals surface area contributed by atoms with Gasteiger partial charge in [-0.3, -0.25) is 24.1 Å². The Morgan fingerprint density at radius 3 is 1.60 bits per heavy atom. The number of alkyl carbamates (subject to hydrolysis) is 1. The van der Waals surface area contributed by atoms with Crippen LogP contribution in [-0.2, 0) is 30.1 Å². The van der Waals surface area contributed by atoms with E-state index in [2.05, 4.69) is 20.9 Å². The van der Waals surface area contributed by atoms with Gasteiger partial charge in [0.25, 0.3) is 0 Å². The minimum Gasteiger partial charge on any atom is -0.465 e. The average molecular weight is 934 g/mol. The molecule has 6 rings (SSSR count). The van der Waals surface area contributed by atoms with E-state index in [4.69, 9.17) is 4.74 Å². The van der Waals surface area contributed by atoms with Gasteiger partial charge in [-0.1, -0.05) is 64.8 Å². The molecule has 3 saturated heterocycles. The zero-order chi connectivity index (χ0) is 48.7. The molecule has 15 nitrogen and oxygen atoms in total. The molecule has 3 fully saturated rings. The lowest BCUT2D eigenvalue weighted by molar-refractivity contribution is -0.142. The summed E-state index contributed by atoms with van der Waals surface area (Å²) in [4.78, 5) is 84.8. The van der Waals surface area contributed by atoms with Crippen molar-refractivity contribution in [2.45, 2.75) is 121 Å². The van der Waals surface area contributed by atoms with Crippen molar-refractivity contribution in [1.82, 2.24) is 20.0 Å². The number of anilines is 3. The third-order valence-corrected chi connectivity index (χ3v) is 13.8. The molecule has 8 atom stereocenters. The maximum atomic E-state index is 13.8. The predicted molar refractivity (Wildman–Crippen MR) is 246 cm³/mol. The molecule has 0 saturated carbocycles. The van der Waals surface area contributed by atoms with Gasteiger partial charge in [0, 0.05) is 37.2 Å². The summed E-state index contributed by atoms with van der Waals surface area (Å²) in [5, 5.41) is 18.2. The van der Waals surface area contributed by atoms with E-state index in [1.165, 1.54) is 36.1 Å². The number of methoxy groups -OCH3 is 1. The first-order valence-corrected chi connectivity index (χ1v) is 23.1. The monoisotopic (exact) mass is 933 g/mol. The summed E-state index contributed by atoms with van der Waals surface area (Å²) in [5.74, 6) is -1.97. The fraction of sp³-hybridized carbons (Fsp3) is 0.510. The molecule has 3 aliphatic heterocycles. The number of likely N-dealkylation sites (N-methyl/N-ethyl adjacent to an activating group) is 1. The van der Waals surface area contributed by atoms with Crippen molar-refractivity contribution >= 4 is 52.9 Å². The number of hydrogen-bond acceptors (Lipinski definition) is 8. The molecule has 3 heterocycles. The van der Waals surface area contributed by atoms with Crippen LogP contribution in [0.25, 0.3) is 0 Å². The van der Waals surface area contributed by atoms with E-state index in [0.29, 0.717) is 81.5 Å². The number of benzene rings is 3. The number of carboxylic acid groups (broad SMARTS) is 1. The summed E-state index contributed by atoms with van der Waals surface area (Å²) in [7, 11) is 2.59. The van der Waals surface area contributed by atoms with Gasteiger partial charge in [-0.05, 0) is 110 Å². The standard InChI is InChI=1S/C49H62F3N7O8/c1-7-29(3)41(55-47(64)67-6)45(62)57-27-9-11-39(57)43(60)53-34-19-13-31(14-20-34)37-25-26-38(59(37)36-23-17-33(18-24-36)49(50,51)52)32-15-21-35(22-16-32)54-44(61)40-12-10-28-58(40)46(63)42(30(4)8-2)56(5)48(65)66/h13-24,29-30,37-42H,7-12,25-28H2,1-6H3,(H,53,60)(H,54,61)(H,55,64)(H,65,66)/t29-,30-,37+,38+,39?,40-,41-,42-/m0/s1. The van der Waals surface area contributed by atoms with Gasteiger partial charge in [0.2, 0.25) is 23.6 Å². The van der Waals surface area contributed by atoms with E-state index in [1.54, 1.807) is 24.3 Å². The number of nitrogens with one attached hydrogen (secondary N) is 3. The van der Waals surface area contributed by atoms with Gasteiger partial charge in [0.1, 0.15) is 24.2 Å². The van der Waals surface area contributed by atoms with Gasteiger partial charge < -0.3 is 40.5 Å². The van der Waals surface area contributed by atoms with E-state index in [9.17, 15) is 47.0 Å². The molecule has 3 aromatic rings. The molecule has 0 spiro atoms. The van der Waals surface area contributed by atoms with Gasteiger partial charge in [0.15, 0.2) is 0 Å². The second-order valence-corrected chi connectivity index (χ2v) is 17.9. The molecule has 4 N–H and O–H groups in total. The van der Waals surface area contributed by atoms with Crippen LogP contribution in [0, 0.1) is 11.8 Å². The Morgan fingerprint density at radius 2 is 1.18 bits per heavy atom. The summed E-state index contributed by atoms with van der Waals surface area (Å²) < 4.78 is 45.8. The quantitative estimate of drug-likeness (QED) is 0.116. The van der Waals surface area contributed by atoms with E-state index < -0.39 is 54.0 Å². The average Bonchev–Trinajstić information content (AvgIpc) is 4.12. The van der Waals surface area contributed by atoms with E-state index in [1.807, 2.05) is 52.0 Å². The molecule has 18 heteroatoms. The van der Waals surface area contributed by atoms with Crippen LogP contribution in [0.1, 0.15) is 108 Å². The fourth-order valence-electron chi connectivity index (χ4n) is 9.63. The van der Waals surface area contributed by atoms with Crippen molar-refractivity contribution in [2.24, 2.45) is 11.8 Å². The van der Waals surface area contributed by atoms with Crippen LogP contribution in [0.4, 0.5) is 39.8 Å². The number of carbonyl (C=O) groups is 6. The highest BCUT2D eigenvalue weighted by Gasteiger charge is 2.43. The van der Waals surface area contributed by atoms with Crippen LogP contribution >= 0.6 is 0 Å². The van der Waals surface area contributed by atoms with Crippen molar-refractivity contribution in [1.29, 1.82) is 0 Å². The molecule has 0 bridgehead atoms. The van der Waals surface area contributed by atoms with Gasteiger partial charge in [-0.15, -0.1) is 0 Å². The minimum atomic E-state index is -4.52. The van der Waals surface area contributed by atoms with Crippen molar-refractivity contribution in [3.8, 4) is 0 Å². The third-order valence-electron chi connectivity index (χ3n) is 13.8. The second kappa shape index (κ2) is 21.5. The number of ether oxygens (including phenoxy) is 1. The number of rotatable bonds is 15. The lowest BCUT2D eigenvalue weighted by Crippen LogP contribution is -2.55. The maximum Gasteiger partial charge on any atom is 0.416 e. The molecular weight excluding hydrogens is 872 g/mol. The van der Waals surface area contributed by atoms with Gasteiger partial charge in [-0.25, -0.2) is 9.59 Å². The third kappa shape index (κ3) is 11.3. The molecule has 362 valence electrons. The molecule has 3 aromatic carbocycles. The number of likely N-dealkylation sites (tertiary alicyclic amines) is 2. The van der Waals surface area contributed by atoms with Crippen molar-refractivity contribution in [3.05, 3.63) is 89.5 Å². The van der Waals surface area contributed by atoms with Crippen LogP contribution in [0.2, 0.25) is 0 Å². The Morgan fingerprint density at radius 1 is 0.716 bits per heavy atom. The fourth-order valence-corrected chi connectivity index (χ4v) is 9.63. The summed E-state index contributed by atoms with van der Waals surface area (Å²) in [6.07, 6.45) is -1.92. The Hall–Kier alpha value is -6.33. The zero-order valence-electron chi connectivity index (χ0n) is 38.8. The second-order valence-electron chi connectivity index (χ2n) is 17.9. The van der Waals surface area contributed by atoms with Crippen LogP contribution in [0.3, 0.4) is 0 Å². The van der Waals surface area contributed by atoms with Gasteiger partial charge >= 0.3 is 18.4 Å². The highest BCUT2D eigenvalue weighted by Crippen LogP contribution is 2.48. The summed E-state index contributed by atoms with van der Waals surface area (Å²) in [5.41, 5.74) is 2.53. The smallest absolute Gasteiger partial charge is 0.416 e. The highest BCUT2D eigenvalue weighted by molar-refractivity contribution is 5.99. The molecule has 3 aliphatic rings. The van der Waals surface area contributed by atoms with Gasteiger partial charge in [-0.2, -0.15) is 13.2 Å². The number of hydrogen-bond donors (Lipinski definition) is 4. The minimum absolute atomic E-state index is 0.203. The first kappa shape index (κ1) is 50.1.